The number of carbonyl (C=O) groups is 1. The lowest BCUT2D eigenvalue weighted by molar-refractivity contribution is -0.266. The van der Waals surface area contributed by atoms with Gasteiger partial charge in [-0.1, -0.05) is 19.3 Å². The largest absolute Gasteiger partial charge is 0.363 e. The number of ketones is 1. The summed E-state index contributed by atoms with van der Waals surface area (Å²) in [5.74, 6) is -0.0585. The first kappa shape index (κ1) is 14.5. The van der Waals surface area contributed by atoms with Crippen LogP contribution in [0.25, 0.3) is 0 Å². The van der Waals surface area contributed by atoms with E-state index >= 15 is 0 Å². The number of thioether (sulfide) groups is 1. The van der Waals surface area contributed by atoms with E-state index < -0.39 is 17.7 Å². The molecular formula is C16H24O4S. The van der Waals surface area contributed by atoms with Gasteiger partial charge in [0.25, 0.3) is 0 Å². The van der Waals surface area contributed by atoms with Crippen molar-refractivity contribution in [3.8, 4) is 0 Å². The molecule has 2 heterocycles. The second-order valence-corrected chi connectivity index (χ2v) is 8.66. The highest BCUT2D eigenvalue weighted by Crippen LogP contribution is 2.56. The van der Waals surface area contributed by atoms with Gasteiger partial charge in [-0.05, 0) is 19.8 Å². The van der Waals surface area contributed by atoms with Crippen molar-refractivity contribution in [2.45, 2.75) is 74.8 Å². The molecule has 21 heavy (non-hydrogen) atoms. The van der Waals surface area contributed by atoms with E-state index in [9.17, 15) is 9.90 Å². The summed E-state index contributed by atoms with van der Waals surface area (Å²) >= 11 is 1.99. The Morgan fingerprint density at radius 1 is 1.29 bits per heavy atom. The summed E-state index contributed by atoms with van der Waals surface area (Å²) in [6, 6.07) is 0. The van der Waals surface area contributed by atoms with Gasteiger partial charge < -0.3 is 14.6 Å². The molecule has 0 radical (unpaired) electrons. The van der Waals surface area contributed by atoms with E-state index in [2.05, 4.69) is 0 Å². The maximum absolute atomic E-state index is 12.4. The van der Waals surface area contributed by atoms with Crippen LogP contribution in [0.5, 0.6) is 0 Å². The van der Waals surface area contributed by atoms with Crippen LogP contribution in [0, 0.1) is 11.8 Å². The van der Waals surface area contributed by atoms with Gasteiger partial charge in [0.1, 0.15) is 11.4 Å². The highest BCUT2D eigenvalue weighted by atomic mass is 32.2. The van der Waals surface area contributed by atoms with Crippen molar-refractivity contribution in [2.24, 2.45) is 11.8 Å². The van der Waals surface area contributed by atoms with Gasteiger partial charge in [-0.25, -0.2) is 0 Å². The van der Waals surface area contributed by atoms with Crippen LogP contribution in [-0.2, 0) is 14.3 Å². The van der Waals surface area contributed by atoms with Crippen LogP contribution in [0.1, 0.15) is 51.9 Å². The molecule has 0 amide bonds. The quantitative estimate of drug-likeness (QED) is 0.867. The molecule has 5 heteroatoms. The Balaban J connectivity index is 1.48. The highest BCUT2D eigenvalue weighted by molar-refractivity contribution is 7.99. The zero-order chi connectivity index (χ0) is 14.7. The van der Waals surface area contributed by atoms with Crippen molar-refractivity contribution >= 4 is 17.5 Å². The van der Waals surface area contributed by atoms with E-state index in [1.807, 2.05) is 18.7 Å². The van der Waals surface area contributed by atoms with Crippen LogP contribution in [0.3, 0.4) is 0 Å². The molecule has 2 aliphatic heterocycles. The Hall–Kier alpha value is -0.100. The lowest BCUT2D eigenvalue weighted by atomic mass is 9.70. The fourth-order valence-corrected chi connectivity index (χ4v) is 5.99. The maximum atomic E-state index is 12.4. The summed E-state index contributed by atoms with van der Waals surface area (Å²) < 4.78 is 11.8. The molecule has 2 saturated carbocycles. The third-order valence-electron chi connectivity index (χ3n) is 5.88. The second kappa shape index (κ2) is 4.95. The first-order valence-electron chi connectivity index (χ1n) is 8.23. The standard InChI is InChI=1S/C16H24O4S/c1-15-8-13(17)11-7-16(15,18)20-14(19-15)12(11)9-21-10-5-3-2-4-6-10/h10-12,14,18H,2-9H2,1H3/t11-,12?,14+,15+,16-/m1/s1. The van der Waals surface area contributed by atoms with Gasteiger partial charge in [0.05, 0.1) is 0 Å². The van der Waals surface area contributed by atoms with Crippen LogP contribution < -0.4 is 0 Å². The zero-order valence-corrected chi connectivity index (χ0v) is 13.4. The Morgan fingerprint density at radius 2 is 2.05 bits per heavy atom. The molecule has 1 N–H and O–H groups in total. The lowest BCUT2D eigenvalue weighted by Crippen LogP contribution is -2.59. The molecule has 3 bridgehead atoms. The van der Waals surface area contributed by atoms with E-state index in [0.29, 0.717) is 6.42 Å². The van der Waals surface area contributed by atoms with Gasteiger partial charge in [-0.2, -0.15) is 11.8 Å². The number of carbonyl (C=O) groups excluding carboxylic acids is 1. The molecule has 4 aliphatic rings. The summed E-state index contributed by atoms with van der Waals surface area (Å²) in [6.07, 6.45) is 6.92. The number of rotatable bonds is 3. The molecule has 5 atom stereocenters. The summed E-state index contributed by atoms with van der Waals surface area (Å²) in [4.78, 5) is 12.4. The predicted molar refractivity (Wildman–Crippen MR) is 79.9 cm³/mol. The topological polar surface area (TPSA) is 55.8 Å². The number of hydrogen-bond acceptors (Lipinski definition) is 5. The van der Waals surface area contributed by atoms with E-state index in [1.54, 1.807) is 0 Å². The Bertz CT molecular complexity index is 450. The van der Waals surface area contributed by atoms with E-state index in [-0.39, 0.29) is 24.0 Å². The maximum Gasteiger partial charge on any atom is 0.198 e. The first-order valence-corrected chi connectivity index (χ1v) is 9.28. The van der Waals surface area contributed by atoms with Gasteiger partial charge in [0.2, 0.25) is 0 Å². The fourth-order valence-electron chi connectivity index (χ4n) is 4.44. The summed E-state index contributed by atoms with van der Waals surface area (Å²) in [7, 11) is 0. The van der Waals surface area contributed by atoms with E-state index in [4.69, 9.17) is 9.47 Å². The number of aliphatic hydroxyl groups is 1. The van der Waals surface area contributed by atoms with Crippen molar-refractivity contribution in [1.29, 1.82) is 0 Å². The second-order valence-electron chi connectivity index (χ2n) is 7.33. The van der Waals surface area contributed by atoms with Gasteiger partial charge in [0, 0.05) is 35.7 Å². The average molecular weight is 312 g/mol. The molecule has 0 aromatic rings. The highest BCUT2D eigenvalue weighted by Gasteiger charge is 2.69. The number of fused-ring (bicyclic) bond motifs is 2. The minimum atomic E-state index is -1.25. The molecule has 118 valence electrons. The lowest BCUT2D eigenvalue weighted by Gasteiger charge is -2.45. The smallest absolute Gasteiger partial charge is 0.198 e. The van der Waals surface area contributed by atoms with Gasteiger partial charge in [0.15, 0.2) is 12.1 Å². The van der Waals surface area contributed by atoms with Crippen LogP contribution in [0.2, 0.25) is 0 Å². The molecule has 2 aliphatic carbocycles. The predicted octanol–water partition coefficient (Wildman–Crippen LogP) is 2.48. The van der Waals surface area contributed by atoms with Crippen molar-refractivity contribution < 1.29 is 19.4 Å². The van der Waals surface area contributed by atoms with Crippen LogP contribution in [0.15, 0.2) is 0 Å². The molecule has 4 nitrogen and oxygen atoms in total. The molecule has 2 saturated heterocycles. The normalized spacial score (nSPS) is 49.8. The first-order chi connectivity index (χ1) is 10.0. The summed E-state index contributed by atoms with van der Waals surface area (Å²) in [6.45, 7) is 1.82. The molecule has 4 rings (SSSR count). The fraction of sp³-hybridized carbons (Fsp3) is 0.938. The molecule has 1 unspecified atom stereocenters. The van der Waals surface area contributed by atoms with Crippen molar-refractivity contribution in [3.05, 3.63) is 0 Å². The van der Waals surface area contributed by atoms with E-state index in [1.165, 1.54) is 32.1 Å². The SMILES string of the molecule is C[C@]12CC(=O)[C@@H]3C[C@@]1(O)O[C@H](O2)C3CSC1CCCCC1. The zero-order valence-electron chi connectivity index (χ0n) is 12.5. The third-order valence-corrected chi connectivity index (χ3v) is 7.40. The Kier molecular flexibility index (Phi) is 3.41. The molecule has 0 aromatic carbocycles. The van der Waals surface area contributed by atoms with Gasteiger partial charge in [-0.15, -0.1) is 0 Å². The van der Waals surface area contributed by atoms with Gasteiger partial charge in [-0.3, -0.25) is 4.79 Å². The average Bonchev–Trinajstić information content (AvgIpc) is 2.61. The number of Topliss-reactive ketones (excluding diaryl/α,β-unsaturated/α-hetero) is 1. The van der Waals surface area contributed by atoms with Crippen LogP contribution in [-0.4, -0.2) is 39.6 Å². The van der Waals surface area contributed by atoms with Crippen LogP contribution >= 0.6 is 11.8 Å². The summed E-state index contributed by atoms with van der Waals surface area (Å²) in [5, 5.41) is 11.3. The number of ether oxygens (including phenoxy) is 2. The molecule has 0 spiro atoms. The minimum Gasteiger partial charge on any atom is -0.363 e. The van der Waals surface area contributed by atoms with E-state index in [0.717, 1.165) is 11.0 Å². The van der Waals surface area contributed by atoms with Crippen molar-refractivity contribution in [2.75, 3.05) is 5.75 Å². The number of hydrogen-bond donors (Lipinski definition) is 1. The van der Waals surface area contributed by atoms with Gasteiger partial charge >= 0.3 is 0 Å². The van der Waals surface area contributed by atoms with Crippen molar-refractivity contribution in [1.82, 2.24) is 0 Å². The monoisotopic (exact) mass is 312 g/mol. The molecule has 0 aromatic heterocycles. The molecular weight excluding hydrogens is 288 g/mol. The summed E-state index contributed by atoms with van der Waals surface area (Å²) in [5.41, 5.74) is -0.838. The molecule has 4 fully saturated rings. The Labute approximate surface area is 129 Å². The minimum absolute atomic E-state index is 0.0829. The third kappa shape index (κ3) is 2.19. The van der Waals surface area contributed by atoms with Crippen LogP contribution in [0.4, 0.5) is 0 Å². The Morgan fingerprint density at radius 3 is 2.81 bits per heavy atom. The van der Waals surface area contributed by atoms with Crippen molar-refractivity contribution in [3.63, 3.8) is 0 Å².